The number of hydrogen-bond donors (Lipinski definition) is 1. The van der Waals surface area contributed by atoms with Gasteiger partial charge in [0.15, 0.2) is 11.5 Å². The lowest BCUT2D eigenvalue weighted by Gasteiger charge is -2.18. The molecular formula is C23H21N5O3S. The minimum absolute atomic E-state index is 0.0549. The number of carbonyl (C=O) groups excluding carboxylic acids is 1. The Morgan fingerprint density at radius 3 is 2.84 bits per heavy atom. The van der Waals surface area contributed by atoms with Gasteiger partial charge in [0.25, 0.3) is 0 Å². The van der Waals surface area contributed by atoms with Crippen molar-refractivity contribution in [2.45, 2.75) is 13.0 Å². The van der Waals surface area contributed by atoms with Gasteiger partial charge < -0.3 is 14.8 Å². The SMILES string of the molecule is O=C(Cc1ccc2c(c1)OCCO2)NCCn1ncc(-c2cnccn2)c1-c1cccs1. The van der Waals surface area contributed by atoms with E-state index in [0.717, 1.165) is 33.1 Å². The van der Waals surface area contributed by atoms with Crippen molar-refractivity contribution >= 4 is 17.2 Å². The molecule has 0 unspecified atom stereocenters. The molecule has 162 valence electrons. The lowest BCUT2D eigenvalue weighted by atomic mass is 10.1. The number of nitrogens with one attached hydrogen (secondary N) is 1. The zero-order valence-corrected chi connectivity index (χ0v) is 18.0. The minimum Gasteiger partial charge on any atom is -0.486 e. The van der Waals surface area contributed by atoms with Crippen LogP contribution < -0.4 is 14.8 Å². The Balaban J connectivity index is 1.25. The third-order valence-corrected chi connectivity index (χ3v) is 5.93. The van der Waals surface area contributed by atoms with E-state index in [1.165, 1.54) is 0 Å². The average Bonchev–Trinajstić information content (AvgIpc) is 3.49. The number of aromatic nitrogens is 4. The molecule has 0 saturated heterocycles. The van der Waals surface area contributed by atoms with Gasteiger partial charge in [0.05, 0.1) is 41.6 Å². The number of nitrogens with zero attached hydrogens (tertiary/aromatic N) is 4. The minimum atomic E-state index is -0.0549. The molecule has 3 aromatic heterocycles. The Kier molecular flexibility index (Phi) is 5.80. The van der Waals surface area contributed by atoms with Gasteiger partial charge in [-0.05, 0) is 29.1 Å². The molecule has 8 nitrogen and oxygen atoms in total. The largest absolute Gasteiger partial charge is 0.486 e. The topological polar surface area (TPSA) is 91.2 Å². The summed E-state index contributed by atoms with van der Waals surface area (Å²) in [6, 6.07) is 9.67. The molecule has 1 N–H and O–H groups in total. The number of fused-ring (bicyclic) bond motifs is 1. The van der Waals surface area contributed by atoms with Crippen LogP contribution in [0.25, 0.3) is 21.8 Å². The van der Waals surface area contributed by atoms with Gasteiger partial charge in [-0.2, -0.15) is 5.10 Å². The first-order chi connectivity index (χ1) is 15.8. The van der Waals surface area contributed by atoms with E-state index in [-0.39, 0.29) is 12.3 Å². The van der Waals surface area contributed by atoms with Gasteiger partial charge in [-0.25, -0.2) is 0 Å². The number of carbonyl (C=O) groups is 1. The van der Waals surface area contributed by atoms with Crippen LogP contribution in [0.3, 0.4) is 0 Å². The number of amides is 1. The van der Waals surface area contributed by atoms with Gasteiger partial charge in [-0.1, -0.05) is 12.1 Å². The van der Waals surface area contributed by atoms with Crippen LogP contribution in [0, 0.1) is 0 Å². The van der Waals surface area contributed by atoms with Crippen molar-refractivity contribution in [3.05, 3.63) is 66.1 Å². The molecular weight excluding hydrogens is 426 g/mol. The van der Waals surface area contributed by atoms with E-state index >= 15 is 0 Å². The zero-order chi connectivity index (χ0) is 21.8. The van der Waals surface area contributed by atoms with E-state index in [4.69, 9.17) is 9.47 Å². The van der Waals surface area contributed by atoms with Crippen LogP contribution in [-0.2, 0) is 17.8 Å². The molecule has 0 aliphatic carbocycles. The summed E-state index contributed by atoms with van der Waals surface area (Å²) in [5.74, 6) is 1.36. The van der Waals surface area contributed by atoms with E-state index < -0.39 is 0 Å². The molecule has 1 aliphatic heterocycles. The van der Waals surface area contributed by atoms with Crippen LogP contribution in [0.1, 0.15) is 5.56 Å². The van der Waals surface area contributed by atoms with Crippen LogP contribution in [0.5, 0.6) is 11.5 Å². The summed E-state index contributed by atoms with van der Waals surface area (Å²) in [5.41, 5.74) is 3.55. The molecule has 1 amide bonds. The standard InChI is InChI=1S/C23H21N5O3S/c29-22(13-16-3-4-19-20(12-16)31-10-9-30-19)26-7-8-28-23(21-2-1-11-32-21)17(14-27-28)18-15-24-5-6-25-18/h1-6,11-12,14-15H,7-10,13H2,(H,26,29). The Bertz CT molecular complexity index is 1210. The summed E-state index contributed by atoms with van der Waals surface area (Å²) >= 11 is 1.64. The second-order valence-corrected chi connectivity index (χ2v) is 8.15. The Hall–Kier alpha value is -3.72. The predicted molar refractivity (Wildman–Crippen MR) is 121 cm³/mol. The summed E-state index contributed by atoms with van der Waals surface area (Å²) in [7, 11) is 0. The summed E-state index contributed by atoms with van der Waals surface area (Å²) < 4.78 is 13.0. The summed E-state index contributed by atoms with van der Waals surface area (Å²) in [6.07, 6.45) is 7.13. The van der Waals surface area contributed by atoms with Crippen molar-refractivity contribution in [3.63, 3.8) is 0 Å². The third kappa shape index (κ3) is 4.33. The number of hydrogen-bond acceptors (Lipinski definition) is 7. The fourth-order valence-electron chi connectivity index (χ4n) is 3.60. The molecule has 0 saturated carbocycles. The van der Waals surface area contributed by atoms with Gasteiger partial charge in [-0.3, -0.25) is 19.4 Å². The van der Waals surface area contributed by atoms with Crippen molar-refractivity contribution in [1.82, 2.24) is 25.1 Å². The molecule has 1 aliphatic rings. The van der Waals surface area contributed by atoms with Crippen molar-refractivity contribution in [2.75, 3.05) is 19.8 Å². The summed E-state index contributed by atoms with van der Waals surface area (Å²) in [6.45, 7) is 2.08. The number of benzene rings is 1. The Morgan fingerprint density at radius 2 is 2.03 bits per heavy atom. The number of thiophene rings is 1. The Labute approximate surface area is 188 Å². The highest BCUT2D eigenvalue weighted by atomic mass is 32.1. The van der Waals surface area contributed by atoms with E-state index in [9.17, 15) is 4.79 Å². The van der Waals surface area contributed by atoms with Crippen LogP contribution in [0.15, 0.2) is 60.5 Å². The van der Waals surface area contributed by atoms with E-state index in [0.29, 0.717) is 32.1 Å². The molecule has 4 heterocycles. The highest BCUT2D eigenvalue weighted by Gasteiger charge is 2.17. The van der Waals surface area contributed by atoms with Crippen molar-refractivity contribution in [2.24, 2.45) is 0 Å². The Morgan fingerprint density at radius 1 is 1.12 bits per heavy atom. The summed E-state index contributed by atoms with van der Waals surface area (Å²) in [4.78, 5) is 22.2. The molecule has 0 fully saturated rings. The third-order valence-electron chi connectivity index (χ3n) is 5.05. The second-order valence-electron chi connectivity index (χ2n) is 7.20. The molecule has 4 aromatic rings. The number of ether oxygens (including phenoxy) is 2. The molecule has 32 heavy (non-hydrogen) atoms. The maximum absolute atomic E-state index is 12.5. The van der Waals surface area contributed by atoms with Crippen molar-refractivity contribution in [3.8, 4) is 33.3 Å². The van der Waals surface area contributed by atoms with Crippen LogP contribution in [0.2, 0.25) is 0 Å². The molecule has 9 heteroatoms. The molecule has 0 atom stereocenters. The van der Waals surface area contributed by atoms with Gasteiger partial charge in [0.1, 0.15) is 13.2 Å². The normalized spacial score (nSPS) is 12.5. The quantitative estimate of drug-likeness (QED) is 0.468. The molecule has 0 spiro atoms. The van der Waals surface area contributed by atoms with Crippen LogP contribution >= 0.6 is 11.3 Å². The van der Waals surface area contributed by atoms with Gasteiger partial charge >= 0.3 is 0 Å². The second kappa shape index (κ2) is 9.19. The molecule has 5 rings (SSSR count). The highest BCUT2D eigenvalue weighted by molar-refractivity contribution is 7.13. The van der Waals surface area contributed by atoms with Crippen molar-refractivity contribution < 1.29 is 14.3 Å². The first kappa shape index (κ1) is 20.2. The van der Waals surface area contributed by atoms with Gasteiger partial charge in [0, 0.05) is 24.5 Å². The van der Waals surface area contributed by atoms with Crippen LogP contribution in [0.4, 0.5) is 0 Å². The van der Waals surface area contributed by atoms with Gasteiger partial charge in [0.2, 0.25) is 5.91 Å². The fraction of sp³-hybridized carbons (Fsp3) is 0.217. The van der Waals surface area contributed by atoms with E-state index in [2.05, 4.69) is 26.4 Å². The average molecular weight is 448 g/mol. The molecule has 1 aromatic carbocycles. The van der Waals surface area contributed by atoms with Gasteiger partial charge in [-0.15, -0.1) is 11.3 Å². The first-order valence-corrected chi connectivity index (χ1v) is 11.2. The smallest absolute Gasteiger partial charge is 0.224 e. The molecule has 0 radical (unpaired) electrons. The summed E-state index contributed by atoms with van der Waals surface area (Å²) in [5, 5.41) is 9.57. The van der Waals surface area contributed by atoms with Crippen LogP contribution in [-0.4, -0.2) is 45.4 Å². The first-order valence-electron chi connectivity index (χ1n) is 10.3. The van der Waals surface area contributed by atoms with E-state index in [1.807, 2.05) is 34.3 Å². The lowest BCUT2D eigenvalue weighted by molar-refractivity contribution is -0.120. The molecule has 0 bridgehead atoms. The number of rotatable bonds is 7. The van der Waals surface area contributed by atoms with E-state index in [1.54, 1.807) is 36.1 Å². The maximum atomic E-state index is 12.5. The zero-order valence-electron chi connectivity index (χ0n) is 17.2. The highest BCUT2D eigenvalue weighted by Crippen LogP contribution is 2.33. The predicted octanol–water partition coefficient (Wildman–Crippen LogP) is 3.20. The maximum Gasteiger partial charge on any atom is 0.224 e. The lowest BCUT2D eigenvalue weighted by Crippen LogP contribution is -2.29. The monoisotopic (exact) mass is 447 g/mol. The fourth-order valence-corrected chi connectivity index (χ4v) is 4.39. The van der Waals surface area contributed by atoms with Crippen molar-refractivity contribution in [1.29, 1.82) is 0 Å².